The summed E-state index contributed by atoms with van der Waals surface area (Å²) in [5.74, 6) is 1.05. The Morgan fingerprint density at radius 3 is 2.85 bits per heavy atom. The van der Waals surface area contributed by atoms with Crippen LogP contribution in [0, 0.1) is 11.8 Å². The van der Waals surface area contributed by atoms with Crippen LogP contribution in [0.5, 0.6) is 0 Å². The number of rotatable bonds is 8. The van der Waals surface area contributed by atoms with Crippen molar-refractivity contribution in [2.45, 2.75) is 82.3 Å². The van der Waals surface area contributed by atoms with Gasteiger partial charge in [-0.05, 0) is 37.5 Å². The van der Waals surface area contributed by atoms with Crippen LogP contribution in [0.1, 0.15) is 71.1 Å². The van der Waals surface area contributed by atoms with Crippen LogP contribution in [0.2, 0.25) is 0 Å². The van der Waals surface area contributed by atoms with Crippen LogP contribution in [0.3, 0.4) is 0 Å². The normalized spacial score (nSPS) is 41.5. The summed E-state index contributed by atoms with van der Waals surface area (Å²) in [4.78, 5) is 0. The average molecular weight is 278 g/mol. The Morgan fingerprint density at radius 1 is 1.20 bits per heavy atom. The zero-order valence-electron chi connectivity index (χ0n) is 12.9. The van der Waals surface area contributed by atoms with E-state index in [1.807, 2.05) is 0 Å². The first-order valence-electron chi connectivity index (χ1n) is 8.77. The molecule has 2 fully saturated rings. The maximum Gasteiger partial charge on any atom is 0.116 e. The molecule has 0 amide bonds. The summed E-state index contributed by atoms with van der Waals surface area (Å²) in [5, 5.41) is 11.1. The van der Waals surface area contributed by atoms with Gasteiger partial charge in [-0.25, -0.2) is 0 Å². The molecule has 3 aliphatic carbocycles. The molecule has 20 heavy (non-hydrogen) atoms. The van der Waals surface area contributed by atoms with Crippen molar-refractivity contribution in [3.63, 3.8) is 0 Å². The number of ether oxygens (including phenoxy) is 1. The highest BCUT2D eigenvalue weighted by Crippen LogP contribution is 2.61. The molecule has 114 valence electrons. The van der Waals surface area contributed by atoms with E-state index in [4.69, 9.17) is 4.74 Å². The van der Waals surface area contributed by atoms with E-state index in [9.17, 15) is 5.11 Å². The lowest BCUT2D eigenvalue weighted by Crippen LogP contribution is -2.52. The van der Waals surface area contributed by atoms with Gasteiger partial charge in [0.05, 0.1) is 0 Å². The van der Waals surface area contributed by atoms with Gasteiger partial charge in [-0.2, -0.15) is 0 Å². The molecule has 0 aromatic rings. The number of hydrogen-bond donors (Lipinski definition) is 1. The van der Waals surface area contributed by atoms with Crippen LogP contribution < -0.4 is 0 Å². The molecule has 2 saturated carbocycles. The zero-order chi connectivity index (χ0) is 14.1. The molecular weight excluding hydrogens is 248 g/mol. The number of hydrogen-bond acceptors (Lipinski definition) is 2. The third-order valence-corrected chi connectivity index (χ3v) is 5.95. The third kappa shape index (κ3) is 2.25. The first-order valence-corrected chi connectivity index (χ1v) is 8.77. The minimum Gasteiger partial charge on any atom is -0.386 e. The molecule has 0 heterocycles. The Kier molecular flexibility index (Phi) is 4.24. The van der Waals surface area contributed by atoms with Crippen LogP contribution in [-0.2, 0) is 4.74 Å². The third-order valence-electron chi connectivity index (χ3n) is 5.95. The van der Waals surface area contributed by atoms with E-state index >= 15 is 0 Å². The quantitative estimate of drug-likeness (QED) is 0.532. The topological polar surface area (TPSA) is 29.5 Å². The monoisotopic (exact) mass is 278 g/mol. The van der Waals surface area contributed by atoms with Gasteiger partial charge in [0, 0.05) is 6.61 Å². The Hall–Kier alpha value is -0.340. The number of fused-ring (bicyclic) bond motifs is 5. The number of unbranched alkanes of at least 4 members (excludes halogenated alkanes) is 5. The fraction of sp³-hybridized carbons (Fsp3) is 0.889. The second-order valence-corrected chi connectivity index (χ2v) is 7.16. The van der Waals surface area contributed by atoms with Gasteiger partial charge in [0.1, 0.15) is 11.2 Å². The van der Waals surface area contributed by atoms with Crippen LogP contribution >= 0.6 is 0 Å². The summed E-state index contributed by atoms with van der Waals surface area (Å²) in [6.07, 6.45) is 16.6. The fourth-order valence-electron chi connectivity index (χ4n) is 4.84. The maximum atomic E-state index is 11.1. The van der Waals surface area contributed by atoms with E-state index in [1.165, 1.54) is 44.9 Å². The van der Waals surface area contributed by atoms with Gasteiger partial charge in [-0.3, -0.25) is 0 Å². The molecule has 1 N–H and O–H groups in total. The Morgan fingerprint density at radius 2 is 2.00 bits per heavy atom. The lowest BCUT2D eigenvalue weighted by atomic mass is 9.79. The minimum absolute atomic E-state index is 0.331. The van der Waals surface area contributed by atoms with Crippen molar-refractivity contribution in [3.05, 3.63) is 12.2 Å². The van der Waals surface area contributed by atoms with E-state index in [0.717, 1.165) is 25.9 Å². The van der Waals surface area contributed by atoms with Gasteiger partial charge in [0.15, 0.2) is 0 Å². The number of aliphatic hydroxyl groups is 1. The van der Waals surface area contributed by atoms with Gasteiger partial charge in [0.2, 0.25) is 0 Å². The molecule has 0 aromatic carbocycles. The Labute approximate surface area is 123 Å². The summed E-state index contributed by atoms with van der Waals surface area (Å²) in [6.45, 7) is 3.07. The van der Waals surface area contributed by atoms with Crippen molar-refractivity contribution in [1.82, 2.24) is 0 Å². The Balaban J connectivity index is 1.46. The van der Waals surface area contributed by atoms with Crippen molar-refractivity contribution in [2.24, 2.45) is 11.8 Å². The van der Waals surface area contributed by atoms with Gasteiger partial charge >= 0.3 is 0 Å². The fourth-order valence-corrected chi connectivity index (χ4v) is 4.84. The standard InChI is InChI=1S/C18H30O2/c1-2-3-4-5-6-7-13-20-17-12-10-15(14-17)16-9-8-11-18(16,17)19/h10,12,15-16,19H,2-9,11,13-14H2,1H3. The van der Waals surface area contributed by atoms with Crippen LogP contribution in [-0.4, -0.2) is 22.9 Å². The maximum absolute atomic E-state index is 11.1. The predicted octanol–water partition coefficient (Wildman–Crippen LogP) is 4.22. The first-order chi connectivity index (χ1) is 9.72. The highest BCUT2D eigenvalue weighted by Gasteiger charge is 2.66. The van der Waals surface area contributed by atoms with E-state index in [2.05, 4.69) is 19.1 Å². The molecular formula is C18H30O2. The first kappa shape index (κ1) is 14.6. The summed E-state index contributed by atoms with van der Waals surface area (Å²) < 4.78 is 6.27. The second kappa shape index (κ2) is 5.81. The van der Waals surface area contributed by atoms with Crippen LogP contribution in [0.4, 0.5) is 0 Å². The van der Waals surface area contributed by atoms with Gasteiger partial charge in [-0.15, -0.1) is 0 Å². The van der Waals surface area contributed by atoms with Crippen molar-refractivity contribution in [2.75, 3.05) is 6.61 Å². The zero-order valence-corrected chi connectivity index (χ0v) is 12.9. The van der Waals surface area contributed by atoms with E-state index in [-0.39, 0.29) is 5.60 Å². The molecule has 2 bridgehead atoms. The molecule has 0 radical (unpaired) electrons. The predicted molar refractivity (Wildman–Crippen MR) is 81.6 cm³/mol. The summed E-state index contributed by atoms with van der Waals surface area (Å²) in [7, 11) is 0. The highest BCUT2D eigenvalue weighted by atomic mass is 16.5. The van der Waals surface area contributed by atoms with Gasteiger partial charge in [-0.1, -0.05) is 57.6 Å². The molecule has 0 aromatic heterocycles. The van der Waals surface area contributed by atoms with Crippen molar-refractivity contribution >= 4 is 0 Å². The molecule has 0 spiro atoms. The molecule has 3 aliphatic rings. The lowest BCUT2D eigenvalue weighted by Gasteiger charge is -2.41. The SMILES string of the molecule is CCCCCCCCOC12C=CC(C1)C1CCCC12O. The van der Waals surface area contributed by atoms with Gasteiger partial charge < -0.3 is 9.84 Å². The van der Waals surface area contributed by atoms with Crippen molar-refractivity contribution < 1.29 is 9.84 Å². The minimum atomic E-state index is -0.547. The molecule has 0 aliphatic heterocycles. The molecule has 4 atom stereocenters. The van der Waals surface area contributed by atoms with E-state index in [0.29, 0.717) is 11.8 Å². The molecule has 4 unspecified atom stereocenters. The van der Waals surface area contributed by atoms with Gasteiger partial charge in [0.25, 0.3) is 0 Å². The smallest absolute Gasteiger partial charge is 0.116 e. The molecule has 2 heteroatoms. The largest absolute Gasteiger partial charge is 0.386 e. The molecule has 2 nitrogen and oxygen atoms in total. The van der Waals surface area contributed by atoms with E-state index in [1.54, 1.807) is 0 Å². The van der Waals surface area contributed by atoms with Crippen LogP contribution in [0.15, 0.2) is 12.2 Å². The Bertz CT molecular complexity index is 364. The number of allylic oxidation sites excluding steroid dienone is 1. The highest BCUT2D eigenvalue weighted by molar-refractivity contribution is 5.32. The van der Waals surface area contributed by atoms with Crippen molar-refractivity contribution in [3.8, 4) is 0 Å². The lowest BCUT2D eigenvalue weighted by molar-refractivity contribution is -0.149. The van der Waals surface area contributed by atoms with E-state index < -0.39 is 5.60 Å². The summed E-state index contributed by atoms with van der Waals surface area (Å²) >= 11 is 0. The second-order valence-electron chi connectivity index (χ2n) is 7.16. The molecule has 0 saturated heterocycles. The van der Waals surface area contributed by atoms with Crippen LogP contribution in [0.25, 0.3) is 0 Å². The van der Waals surface area contributed by atoms with Crippen molar-refractivity contribution in [1.29, 1.82) is 0 Å². The summed E-state index contributed by atoms with van der Waals surface area (Å²) in [5.41, 5.74) is -0.878. The summed E-state index contributed by atoms with van der Waals surface area (Å²) in [6, 6.07) is 0. The molecule has 3 rings (SSSR count). The average Bonchev–Trinajstić information content (AvgIpc) is 3.08.